The molecule has 106 valence electrons. The largest absolute Gasteiger partial charge is 0.314 e. The van der Waals surface area contributed by atoms with Crippen LogP contribution in [-0.2, 0) is 9.84 Å². The van der Waals surface area contributed by atoms with Gasteiger partial charge in [-0.15, -0.1) is 0 Å². The first-order valence-corrected chi connectivity index (χ1v) is 9.33. The maximum Gasteiger partial charge on any atom is 0.150 e. The van der Waals surface area contributed by atoms with Crippen molar-refractivity contribution in [1.29, 1.82) is 0 Å². The average Bonchev–Trinajstić information content (AvgIpc) is 2.31. The van der Waals surface area contributed by atoms with Gasteiger partial charge in [0.1, 0.15) is 9.84 Å². The Hall–Kier alpha value is -0.0900. The summed E-state index contributed by atoms with van der Waals surface area (Å²) in [5.74, 6) is 1.41. The van der Waals surface area contributed by atoms with Crippen LogP contribution in [0.3, 0.4) is 0 Å². The Bertz CT molecular complexity index is 358. The van der Waals surface area contributed by atoms with E-state index >= 15 is 0 Å². The monoisotopic (exact) mass is 273 g/mol. The SMILES string of the molecule is CC1CCC(CC2CCCC(S(C)(=O)=O)C2)CN1. The molecular formula is C14H27NO2S. The molecular weight excluding hydrogens is 246 g/mol. The molecule has 2 aliphatic rings. The summed E-state index contributed by atoms with van der Waals surface area (Å²) in [6, 6.07) is 0.663. The number of nitrogens with one attached hydrogen (secondary N) is 1. The molecule has 1 saturated carbocycles. The Labute approximate surface area is 112 Å². The predicted octanol–water partition coefficient (Wildman–Crippen LogP) is 2.37. The minimum atomic E-state index is -2.82. The highest BCUT2D eigenvalue weighted by Crippen LogP contribution is 2.34. The van der Waals surface area contributed by atoms with Crippen LogP contribution in [-0.4, -0.2) is 32.5 Å². The van der Waals surface area contributed by atoms with Gasteiger partial charge in [-0.2, -0.15) is 0 Å². The molecule has 1 N–H and O–H groups in total. The molecule has 18 heavy (non-hydrogen) atoms. The molecule has 2 rings (SSSR count). The van der Waals surface area contributed by atoms with Crippen molar-refractivity contribution in [3.05, 3.63) is 0 Å². The second-order valence-corrected chi connectivity index (χ2v) is 8.80. The van der Waals surface area contributed by atoms with Gasteiger partial charge in [-0.3, -0.25) is 0 Å². The van der Waals surface area contributed by atoms with Crippen molar-refractivity contribution in [2.24, 2.45) is 11.8 Å². The maximum absolute atomic E-state index is 11.7. The molecule has 4 heteroatoms. The quantitative estimate of drug-likeness (QED) is 0.858. The summed E-state index contributed by atoms with van der Waals surface area (Å²) in [6.45, 7) is 3.37. The van der Waals surface area contributed by atoms with Crippen molar-refractivity contribution >= 4 is 9.84 Å². The summed E-state index contributed by atoms with van der Waals surface area (Å²) < 4.78 is 23.3. The van der Waals surface area contributed by atoms with Crippen molar-refractivity contribution in [1.82, 2.24) is 5.32 Å². The van der Waals surface area contributed by atoms with E-state index in [0.717, 1.165) is 31.7 Å². The Morgan fingerprint density at radius 1 is 1.11 bits per heavy atom. The molecule has 0 amide bonds. The Kier molecular flexibility index (Phi) is 4.70. The molecule has 0 aromatic carbocycles. The topological polar surface area (TPSA) is 46.2 Å². The van der Waals surface area contributed by atoms with Gasteiger partial charge in [0.25, 0.3) is 0 Å². The zero-order chi connectivity index (χ0) is 13.2. The summed E-state index contributed by atoms with van der Waals surface area (Å²) in [6.07, 6.45) is 9.34. The molecule has 0 radical (unpaired) electrons. The van der Waals surface area contributed by atoms with Crippen molar-refractivity contribution in [3.63, 3.8) is 0 Å². The molecule has 4 unspecified atom stereocenters. The standard InChI is InChI=1S/C14H27NO2S/c1-11-6-7-13(10-15-11)8-12-4-3-5-14(9-12)18(2,16)17/h11-15H,3-10H2,1-2H3. The molecule has 1 saturated heterocycles. The zero-order valence-electron chi connectivity index (χ0n) is 11.7. The first kappa shape index (κ1) is 14.3. The van der Waals surface area contributed by atoms with Crippen molar-refractivity contribution in [3.8, 4) is 0 Å². The third-order valence-electron chi connectivity index (χ3n) is 4.77. The fourth-order valence-electron chi connectivity index (χ4n) is 3.57. The van der Waals surface area contributed by atoms with Crippen LogP contribution in [0.1, 0.15) is 51.9 Å². The normalized spacial score (nSPS) is 38.6. The summed E-state index contributed by atoms with van der Waals surface area (Å²) in [7, 11) is -2.82. The molecule has 4 atom stereocenters. The van der Waals surface area contributed by atoms with Crippen molar-refractivity contribution in [2.45, 2.75) is 63.2 Å². The van der Waals surface area contributed by atoms with Crippen molar-refractivity contribution in [2.75, 3.05) is 12.8 Å². The lowest BCUT2D eigenvalue weighted by molar-refractivity contribution is 0.237. The number of hydrogen-bond acceptors (Lipinski definition) is 3. The van der Waals surface area contributed by atoms with Gasteiger partial charge in [0, 0.05) is 12.3 Å². The first-order valence-electron chi connectivity index (χ1n) is 7.37. The van der Waals surface area contributed by atoms with E-state index in [0.29, 0.717) is 12.0 Å². The van der Waals surface area contributed by atoms with Crippen molar-refractivity contribution < 1.29 is 8.42 Å². The van der Waals surface area contributed by atoms with Gasteiger partial charge in [0.05, 0.1) is 5.25 Å². The smallest absolute Gasteiger partial charge is 0.150 e. The van der Waals surface area contributed by atoms with E-state index in [1.54, 1.807) is 0 Å². The molecule has 1 heterocycles. The Morgan fingerprint density at radius 3 is 2.50 bits per heavy atom. The lowest BCUT2D eigenvalue weighted by atomic mass is 9.80. The van der Waals surface area contributed by atoms with Gasteiger partial charge < -0.3 is 5.32 Å². The van der Waals surface area contributed by atoms with Crippen LogP contribution in [0.2, 0.25) is 0 Å². The van der Waals surface area contributed by atoms with Crippen LogP contribution >= 0.6 is 0 Å². The fourth-order valence-corrected chi connectivity index (χ4v) is 4.79. The van der Waals surface area contributed by atoms with Gasteiger partial charge in [-0.05, 0) is 57.4 Å². The number of rotatable bonds is 3. The van der Waals surface area contributed by atoms with Crippen LogP contribution in [0.25, 0.3) is 0 Å². The molecule has 2 fully saturated rings. The van der Waals surface area contributed by atoms with Gasteiger partial charge >= 0.3 is 0 Å². The van der Waals surface area contributed by atoms with Gasteiger partial charge in [0.2, 0.25) is 0 Å². The molecule has 0 aromatic heterocycles. The van der Waals surface area contributed by atoms with Crippen LogP contribution in [0.5, 0.6) is 0 Å². The van der Waals surface area contributed by atoms with Crippen LogP contribution in [0.15, 0.2) is 0 Å². The second kappa shape index (κ2) is 5.91. The van der Waals surface area contributed by atoms with E-state index in [2.05, 4.69) is 12.2 Å². The minimum Gasteiger partial charge on any atom is -0.314 e. The highest BCUT2D eigenvalue weighted by molar-refractivity contribution is 7.91. The Balaban J connectivity index is 1.83. The van der Waals surface area contributed by atoms with E-state index < -0.39 is 9.84 Å². The van der Waals surface area contributed by atoms with E-state index in [1.165, 1.54) is 31.9 Å². The zero-order valence-corrected chi connectivity index (χ0v) is 12.5. The summed E-state index contributed by atoms with van der Waals surface area (Å²) in [5.41, 5.74) is 0. The van der Waals surface area contributed by atoms with E-state index in [1.807, 2.05) is 0 Å². The molecule has 0 spiro atoms. The highest BCUT2D eigenvalue weighted by atomic mass is 32.2. The average molecular weight is 273 g/mol. The van der Waals surface area contributed by atoms with Crippen LogP contribution in [0.4, 0.5) is 0 Å². The first-order chi connectivity index (χ1) is 8.45. The van der Waals surface area contributed by atoms with Crippen LogP contribution < -0.4 is 5.32 Å². The third-order valence-corrected chi connectivity index (χ3v) is 6.41. The van der Waals surface area contributed by atoms with Gasteiger partial charge in [-0.25, -0.2) is 8.42 Å². The maximum atomic E-state index is 11.7. The Morgan fingerprint density at radius 2 is 1.89 bits per heavy atom. The molecule has 0 bridgehead atoms. The number of hydrogen-bond donors (Lipinski definition) is 1. The van der Waals surface area contributed by atoms with E-state index in [4.69, 9.17) is 0 Å². The summed E-state index contributed by atoms with van der Waals surface area (Å²) in [4.78, 5) is 0. The summed E-state index contributed by atoms with van der Waals surface area (Å²) >= 11 is 0. The predicted molar refractivity (Wildman–Crippen MR) is 75.4 cm³/mol. The van der Waals surface area contributed by atoms with E-state index in [-0.39, 0.29) is 5.25 Å². The lowest BCUT2D eigenvalue weighted by Gasteiger charge is -2.33. The number of sulfone groups is 1. The van der Waals surface area contributed by atoms with Gasteiger partial charge in [-0.1, -0.05) is 12.8 Å². The van der Waals surface area contributed by atoms with Gasteiger partial charge in [0.15, 0.2) is 0 Å². The molecule has 0 aromatic rings. The lowest BCUT2D eigenvalue weighted by Crippen LogP contribution is -2.38. The molecule has 3 nitrogen and oxygen atoms in total. The molecule has 1 aliphatic carbocycles. The minimum absolute atomic E-state index is 0.0632. The fraction of sp³-hybridized carbons (Fsp3) is 1.00. The third kappa shape index (κ3) is 3.95. The second-order valence-electron chi connectivity index (χ2n) is 6.47. The summed E-state index contributed by atoms with van der Waals surface area (Å²) in [5, 5.41) is 3.48. The number of piperidine rings is 1. The van der Waals surface area contributed by atoms with Crippen LogP contribution in [0, 0.1) is 11.8 Å². The van der Waals surface area contributed by atoms with E-state index in [9.17, 15) is 8.42 Å². The molecule has 1 aliphatic heterocycles. The highest BCUT2D eigenvalue weighted by Gasteiger charge is 2.30.